The highest BCUT2D eigenvalue weighted by Gasteiger charge is 2.40. The largest absolute Gasteiger partial charge is 0.208 e. The Kier molecular flexibility index (Phi) is 6.27. The third-order valence-electron chi connectivity index (χ3n) is 9.75. The molecule has 7 aromatic carbocycles. The van der Waals surface area contributed by atoms with Crippen LogP contribution in [0.3, 0.4) is 0 Å². The summed E-state index contributed by atoms with van der Waals surface area (Å²) >= 11 is 0. The van der Waals surface area contributed by atoms with Crippen LogP contribution >= 0.6 is 0 Å². The molecule has 0 spiro atoms. The van der Waals surface area contributed by atoms with Crippen LogP contribution in [0.5, 0.6) is 0 Å². The summed E-state index contributed by atoms with van der Waals surface area (Å²) in [5.74, 6) is 2.05. The predicted molar refractivity (Wildman–Crippen MR) is 199 cm³/mol. The van der Waals surface area contributed by atoms with Gasteiger partial charge in [0.05, 0.1) is 0 Å². The van der Waals surface area contributed by atoms with E-state index in [1.54, 1.807) is 0 Å². The van der Waals surface area contributed by atoms with E-state index in [9.17, 15) is 0 Å². The lowest BCUT2D eigenvalue weighted by Crippen LogP contribution is -2.49. The average Bonchev–Trinajstić information content (AvgIpc) is 3.38. The Morgan fingerprint density at radius 3 is 1.66 bits per heavy atom. The van der Waals surface area contributed by atoms with Crippen molar-refractivity contribution in [3.05, 3.63) is 152 Å². The van der Waals surface area contributed by atoms with Gasteiger partial charge in [0, 0.05) is 16.7 Å². The molecule has 9 rings (SSSR count). The molecular weight excluding hydrogens is 587 g/mol. The minimum absolute atomic E-state index is 0.673. The quantitative estimate of drug-likeness (QED) is 0.185. The van der Waals surface area contributed by atoms with Crippen LogP contribution in [-0.4, -0.2) is 23.0 Å². The van der Waals surface area contributed by atoms with Crippen molar-refractivity contribution >= 4 is 40.0 Å². The standard InChI is InChI=1S/C43H31N3Si/c1-47(2)37-23-13-22-36(40(37)39-32-19-10-9-16-29(32)24-27-38(39)47)43-45-41(30-17-7-4-8-18-30)44-42(46-43)35-26-25-31(28-14-5-3-6-15-28)33-20-11-12-21-34(33)35/h3-27H,1-2H3. The number of benzene rings is 7. The van der Waals surface area contributed by atoms with Crippen LogP contribution in [0.15, 0.2) is 152 Å². The molecule has 0 amide bonds. The van der Waals surface area contributed by atoms with E-state index < -0.39 is 8.07 Å². The summed E-state index contributed by atoms with van der Waals surface area (Å²) in [5.41, 5.74) is 8.02. The number of hydrogen-bond donors (Lipinski definition) is 0. The van der Waals surface area contributed by atoms with E-state index in [1.807, 2.05) is 18.2 Å². The molecule has 222 valence electrons. The van der Waals surface area contributed by atoms with Gasteiger partial charge in [0.1, 0.15) is 8.07 Å². The summed E-state index contributed by atoms with van der Waals surface area (Å²) in [7, 11) is -1.96. The van der Waals surface area contributed by atoms with Crippen LogP contribution in [-0.2, 0) is 0 Å². The molecule has 4 heteroatoms. The van der Waals surface area contributed by atoms with Gasteiger partial charge in [0.15, 0.2) is 17.5 Å². The highest BCUT2D eigenvalue weighted by atomic mass is 28.3. The second kappa shape index (κ2) is 10.7. The summed E-state index contributed by atoms with van der Waals surface area (Å²) < 4.78 is 0. The van der Waals surface area contributed by atoms with E-state index in [-0.39, 0.29) is 0 Å². The number of aromatic nitrogens is 3. The number of rotatable bonds is 4. The van der Waals surface area contributed by atoms with Crippen molar-refractivity contribution in [2.24, 2.45) is 0 Å². The summed E-state index contributed by atoms with van der Waals surface area (Å²) in [4.78, 5) is 15.7. The fourth-order valence-corrected chi connectivity index (χ4v) is 10.5. The molecule has 1 aliphatic heterocycles. The summed E-state index contributed by atoms with van der Waals surface area (Å²) in [6.45, 7) is 4.93. The van der Waals surface area contributed by atoms with Gasteiger partial charge in [-0.1, -0.05) is 159 Å². The van der Waals surface area contributed by atoms with Gasteiger partial charge in [-0.15, -0.1) is 0 Å². The molecule has 47 heavy (non-hydrogen) atoms. The molecular formula is C43H31N3Si. The summed E-state index contributed by atoms with van der Waals surface area (Å²) in [5, 5.41) is 7.74. The topological polar surface area (TPSA) is 38.7 Å². The highest BCUT2D eigenvalue weighted by molar-refractivity contribution is 7.04. The SMILES string of the molecule is C[Si]1(C)c2cccc(-c3nc(-c4ccccc4)nc(-c4ccc(-c5ccccc5)c5ccccc45)n3)c2-c2c1ccc1ccccc21. The van der Waals surface area contributed by atoms with Crippen LogP contribution < -0.4 is 10.4 Å². The fourth-order valence-electron chi connectivity index (χ4n) is 7.43. The third-order valence-corrected chi connectivity index (χ3v) is 13.3. The van der Waals surface area contributed by atoms with E-state index in [4.69, 9.17) is 15.0 Å². The Bertz CT molecular complexity index is 2490. The fraction of sp³-hybridized carbons (Fsp3) is 0.0465. The molecule has 0 aliphatic carbocycles. The molecule has 0 N–H and O–H groups in total. The first-order valence-corrected chi connectivity index (χ1v) is 19.1. The van der Waals surface area contributed by atoms with Crippen molar-refractivity contribution < 1.29 is 0 Å². The Balaban J connectivity index is 1.33. The van der Waals surface area contributed by atoms with Crippen molar-refractivity contribution in [3.63, 3.8) is 0 Å². The van der Waals surface area contributed by atoms with Crippen molar-refractivity contribution in [2.75, 3.05) is 0 Å². The van der Waals surface area contributed by atoms with Gasteiger partial charge in [-0.05, 0) is 60.2 Å². The van der Waals surface area contributed by atoms with Crippen LogP contribution in [0.25, 0.3) is 78.0 Å². The molecule has 0 atom stereocenters. The minimum atomic E-state index is -1.96. The summed E-state index contributed by atoms with van der Waals surface area (Å²) in [6.07, 6.45) is 0. The zero-order valence-electron chi connectivity index (χ0n) is 26.3. The van der Waals surface area contributed by atoms with Gasteiger partial charge in [0.25, 0.3) is 0 Å². The number of fused-ring (bicyclic) bond motifs is 6. The minimum Gasteiger partial charge on any atom is -0.208 e. The second-order valence-electron chi connectivity index (χ2n) is 12.8. The van der Waals surface area contributed by atoms with Crippen LogP contribution in [0.4, 0.5) is 0 Å². The molecule has 0 fully saturated rings. The zero-order valence-corrected chi connectivity index (χ0v) is 27.3. The lowest BCUT2D eigenvalue weighted by Gasteiger charge is -2.19. The molecule has 0 saturated carbocycles. The lowest BCUT2D eigenvalue weighted by molar-refractivity contribution is 1.08. The molecule has 3 nitrogen and oxygen atoms in total. The number of nitrogens with zero attached hydrogens (tertiary/aromatic N) is 3. The average molecular weight is 618 g/mol. The Morgan fingerprint density at radius 2 is 0.915 bits per heavy atom. The third kappa shape index (κ3) is 4.37. The normalized spacial score (nSPS) is 13.1. The van der Waals surface area contributed by atoms with E-state index in [0.29, 0.717) is 17.5 Å². The van der Waals surface area contributed by atoms with Gasteiger partial charge >= 0.3 is 0 Å². The maximum atomic E-state index is 5.32. The second-order valence-corrected chi connectivity index (χ2v) is 17.1. The van der Waals surface area contributed by atoms with Crippen molar-refractivity contribution in [1.29, 1.82) is 0 Å². The Morgan fingerprint density at radius 1 is 0.362 bits per heavy atom. The highest BCUT2D eigenvalue weighted by Crippen LogP contribution is 2.41. The first kappa shape index (κ1) is 27.6. The maximum Gasteiger partial charge on any atom is 0.164 e. The number of hydrogen-bond acceptors (Lipinski definition) is 3. The van der Waals surface area contributed by atoms with E-state index in [0.717, 1.165) is 22.1 Å². The first-order chi connectivity index (χ1) is 23.1. The first-order valence-electron chi connectivity index (χ1n) is 16.1. The van der Waals surface area contributed by atoms with Gasteiger partial charge in [-0.25, -0.2) is 15.0 Å². The molecule has 0 bridgehead atoms. The predicted octanol–water partition coefficient (Wildman–Crippen LogP) is 9.65. The Hall–Kier alpha value is -5.71. The van der Waals surface area contributed by atoms with Crippen LogP contribution in [0, 0.1) is 0 Å². The van der Waals surface area contributed by atoms with Gasteiger partial charge in [-0.2, -0.15) is 0 Å². The van der Waals surface area contributed by atoms with Crippen LogP contribution in [0.1, 0.15) is 0 Å². The van der Waals surface area contributed by atoms with E-state index in [2.05, 4.69) is 147 Å². The molecule has 0 radical (unpaired) electrons. The van der Waals surface area contributed by atoms with E-state index >= 15 is 0 Å². The molecule has 8 aromatic rings. The smallest absolute Gasteiger partial charge is 0.164 e. The Labute approximate surface area is 275 Å². The van der Waals surface area contributed by atoms with E-state index in [1.165, 1.54) is 48.8 Å². The zero-order chi connectivity index (χ0) is 31.5. The lowest BCUT2D eigenvalue weighted by atomic mass is 9.94. The van der Waals surface area contributed by atoms with Gasteiger partial charge in [0.2, 0.25) is 0 Å². The van der Waals surface area contributed by atoms with Crippen LogP contribution in [0.2, 0.25) is 13.1 Å². The van der Waals surface area contributed by atoms with Crippen molar-refractivity contribution in [1.82, 2.24) is 15.0 Å². The maximum absolute atomic E-state index is 5.32. The van der Waals surface area contributed by atoms with Crippen molar-refractivity contribution in [3.8, 4) is 56.4 Å². The van der Waals surface area contributed by atoms with Crippen molar-refractivity contribution in [2.45, 2.75) is 13.1 Å². The molecule has 0 saturated heterocycles. The van der Waals surface area contributed by atoms with Gasteiger partial charge in [-0.3, -0.25) is 0 Å². The molecule has 1 aromatic heterocycles. The monoisotopic (exact) mass is 617 g/mol. The molecule has 2 heterocycles. The summed E-state index contributed by atoms with van der Waals surface area (Å²) in [6, 6.07) is 53.9. The molecule has 0 unspecified atom stereocenters. The molecule has 1 aliphatic rings. The van der Waals surface area contributed by atoms with Gasteiger partial charge < -0.3 is 0 Å².